The van der Waals surface area contributed by atoms with E-state index in [-0.39, 0.29) is 35.7 Å². The molecule has 1 saturated heterocycles. The van der Waals surface area contributed by atoms with E-state index in [0.717, 1.165) is 24.3 Å². The molecule has 1 aromatic carbocycles. The van der Waals surface area contributed by atoms with Gasteiger partial charge in [0.2, 0.25) is 5.91 Å². The minimum absolute atomic E-state index is 0.0117. The maximum absolute atomic E-state index is 12.9. The van der Waals surface area contributed by atoms with E-state index in [0.29, 0.717) is 11.1 Å². The molecule has 0 radical (unpaired) electrons. The monoisotopic (exact) mass is 343 g/mol. The summed E-state index contributed by atoms with van der Waals surface area (Å²) in [6.45, 7) is 6.70. The molecule has 3 rings (SSSR count). The number of carbonyl (C=O) groups excluding carboxylic acids is 3. The summed E-state index contributed by atoms with van der Waals surface area (Å²) in [6.07, 6.45) is 1.89. The van der Waals surface area contributed by atoms with Gasteiger partial charge in [-0.3, -0.25) is 19.3 Å². The number of rotatable bonds is 4. The lowest BCUT2D eigenvalue weighted by molar-refractivity contribution is -0.127. The Hall–Kier alpha value is -2.21. The zero-order valence-corrected chi connectivity index (χ0v) is 14.9. The molecule has 0 aromatic heterocycles. The second kappa shape index (κ2) is 6.96. The molecule has 0 saturated carbocycles. The van der Waals surface area contributed by atoms with E-state index in [2.05, 4.69) is 10.6 Å². The van der Waals surface area contributed by atoms with Crippen LogP contribution in [0.5, 0.6) is 0 Å². The van der Waals surface area contributed by atoms with Crippen LogP contribution in [0.3, 0.4) is 0 Å². The van der Waals surface area contributed by atoms with Crippen LogP contribution in [0, 0.1) is 5.92 Å². The number of amides is 3. The summed E-state index contributed by atoms with van der Waals surface area (Å²) >= 11 is 0. The highest BCUT2D eigenvalue weighted by Gasteiger charge is 2.44. The molecule has 3 atom stereocenters. The molecule has 3 unspecified atom stereocenters. The number of hydrogen-bond donors (Lipinski definition) is 2. The molecule has 6 nitrogen and oxygen atoms in total. The first-order valence-corrected chi connectivity index (χ1v) is 8.92. The van der Waals surface area contributed by atoms with Gasteiger partial charge in [0.1, 0.15) is 6.04 Å². The van der Waals surface area contributed by atoms with Crippen LogP contribution >= 0.6 is 0 Å². The summed E-state index contributed by atoms with van der Waals surface area (Å²) in [5.41, 5.74) is 0.748. The minimum Gasteiger partial charge on any atom is -0.350 e. The summed E-state index contributed by atoms with van der Waals surface area (Å²) in [4.78, 5) is 39.5. The molecule has 2 aliphatic rings. The molecular formula is C19H25N3O3. The van der Waals surface area contributed by atoms with Gasteiger partial charge in [0.05, 0.1) is 11.1 Å². The molecular weight excluding hydrogens is 318 g/mol. The van der Waals surface area contributed by atoms with Crippen molar-refractivity contribution in [2.45, 2.75) is 51.7 Å². The third-order valence-corrected chi connectivity index (χ3v) is 5.09. The lowest BCUT2D eigenvalue weighted by Gasteiger charge is -2.34. The molecule has 134 valence electrons. The Morgan fingerprint density at radius 1 is 1.20 bits per heavy atom. The maximum Gasteiger partial charge on any atom is 0.262 e. The predicted octanol–water partition coefficient (Wildman–Crippen LogP) is 1.56. The normalized spacial score (nSPS) is 24.4. The summed E-state index contributed by atoms with van der Waals surface area (Å²) < 4.78 is 0. The van der Waals surface area contributed by atoms with Gasteiger partial charge in [-0.25, -0.2) is 0 Å². The van der Waals surface area contributed by atoms with Gasteiger partial charge in [0.15, 0.2) is 0 Å². The Morgan fingerprint density at radius 2 is 1.80 bits per heavy atom. The van der Waals surface area contributed by atoms with Crippen LogP contribution < -0.4 is 10.6 Å². The topological polar surface area (TPSA) is 78.5 Å². The highest BCUT2D eigenvalue weighted by molar-refractivity contribution is 6.22. The summed E-state index contributed by atoms with van der Waals surface area (Å²) in [6, 6.07) is 6.11. The minimum atomic E-state index is -0.804. The average Bonchev–Trinajstić information content (AvgIpc) is 2.83. The van der Waals surface area contributed by atoms with E-state index in [1.54, 1.807) is 24.3 Å². The van der Waals surface area contributed by atoms with Crippen LogP contribution in [-0.4, -0.2) is 47.3 Å². The van der Waals surface area contributed by atoms with Gasteiger partial charge in [-0.1, -0.05) is 26.0 Å². The molecule has 3 amide bonds. The molecule has 0 aliphatic carbocycles. The van der Waals surface area contributed by atoms with Crippen LogP contribution in [0.15, 0.2) is 24.3 Å². The van der Waals surface area contributed by atoms with Gasteiger partial charge in [0, 0.05) is 12.1 Å². The number of benzene rings is 1. The van der Waals surface area contributed by atoms with Crippen molar-refractivity contribution in [3.63, 3.8) is 0 Å². The number of carbonyl (C=O) groups is 3. The van der Waals surface area contributed by atoms with Gasteiger partial charge in [-0.2, -0.15) is 0 Å². The second-order valence-electron chi connectivity index (χ2n) is 7.21. The molecule has 0 spiro atoms. The van der Waals surface area contributed by atoms with Gasteiger partial charge in [-0.05, 0) is 44.4 Å². The van der Waals surface area contributed by atoms with Crippen LogP contribution in [0.1, 0.15) is 54.3 Å². The summed E-state index contributed by atoms with van der Waals surface area (Å²) in [7, 11) is 0. The number of imide groups is 1. The third-order valence-electron chi connectivity index (χ3n) is 5.09. The van der Waals surface area contributed by atoms with Crippen molar-refractivity contribution < 1.29 is 14.4 Å². The quantitative estimate of drug-likeness (QED) is 0.814. The molecule has 25 heavy (non-hydrogen) atoms. The van der Waals surface area contributed by atoms with Crippen molar-refractivity contribution in [3.05, 3.63) is 35.4 Å². The summed E-state index contributed by atoms with van der Waals surface area (Å²) in [5.74, 6) is -1.20. The largest absolute Gasteiger partial charge is 0.350 e. The molecule has 2 N–H and O–H groups in total. The van der Waals surface area contributed by atoms with Crippen LogP contribution in [0.25, 0.3) is 0 Å². The third kappa shape index (κ3) is 3.18. The second-order valence-corrected chi connectivity index (χ2v) is 7.21. The fourth-order valence-corrected chi connectivity index (χ4v) is 3.69. The molecule has 1 fully saturated rings. The first-order valence-electron chi connectivity index (χ1n) is 8.92. The average molecular weight is 343 g/mol. The zero-order chi connectivity index (χ0) is 18.1. The molecule has 2 aliphatic heterocycles. The van der Waals surface area contributed by atoms with Gasteiger partial charge < -0.3 is 10.6 Å². The first kappa shape index (κ1) is 17.6. The lowest BCUT2D eigenvalue weighted by Crippen LogP contribution is -2.58. The van der Waals surface area contributed by atoms with E-state index < -0.39 is 6.04 Å². The highest BCUT2D eigenvalue weighted by atomic mass is 16.2. The number of nitrogens with one attached hydrogen (secondary N) is 2. The van der Waals surface area contributed by atoms with Crippen LogP contribution in [0.4, 0.5) is 0 Å². The number of fused-ring (bicyclic) bond motifs is 1. The lowest BCUT2D eigenvalue weighted by atomic mass is 9.97. The van der Waals surface area contributed by atoms with Crippen molar-refractivity contribution in [1.29, 1.82) is 0 Å². The Bertz CT molecular complexity index is 666. The highest BCUT2D eigenvalue weighted by Crippen LogP contribution is 2.27. The maximum atomic E-state index is 12.9. The van der Waals surface area contributed by atoms with Crippen molar-refractivity contribution >= 4 is 17.7 Å². The van der Waals surface area contributed by atoms with E-state index in [1.165, 1.54) is 0 Å². The number of hydrogen-bond acceptors (Lipinski definition) is 4. The van der Waals surface area contributed by atoms with E-state index in [1.807, 2.05) is 20.8 Å². The Labute approximate surface area is 148 Å². The van der Waals surface area contributed by atoms with Gasteiger partial charge >= 0.3 is 0 Å². The van der Waals surface area contributed by atoms with E-state index in [9.17, 15) is 14.4 Å². The molecule has 1 aromatic rings. The molecule has 0 bridgehead atoms. The van der Waals surface area contributed by atoms with Crippen LogP contribution in [-0.2, 0) is 4.79 Å². The van der Waals surface area contributed by atoms with Crippen molar-refractivity contribution in [2.75, 3.05) is 6.54 Å². The first-order chi connectivity index (χ1) is 11.9. The number of nitrogens with zero attached hydrogens (tertiary/aromatic N) is 1. The van der Waals surface area contributed by atoms with Crippen molar-refractivity contribution in [1.82, 2.24) is 15.5 Å². The van der Waals surface area contributed by atoms with Gasteiger partial charge in [0.25, 0.3) is 11.8 Å². The summed E-state index contributed by atoms with van der Waals surface area (Å²) in [5, 5.41) is 6.39. The van der Waals surface area contributed by atoms with Crippen molar-refractivity contribution in [2.24, 2.45) is 5.92 Å². The van der Waals surface area contributed by atoms with Crippen LogP contribution in [0.2, 0.25) is 0 Å². The smallest absolute Gasteiger partial charge is 0.262 e. The predicted molar refractivity (Wildman–Crippen MR) is 94.2 cm³/mol. The number of piperidine rings is 1. The standard InChI is InChI=1S/C19H25N3O3/c1-11(2)16(17(23)21-15-9-6-10-20-12(15)3)22-18(24)13-7-4-5-8-14(13)19(22)25/h4-5,7-8,11-12,15-16,20H,6,9-10H2,1-3H3,(H,21,23). The SMILES string of the molecule is CC(C)C(C(=O)NC1CCCNC1C)N1C(=O)c2ccccc2C1=O. The van der Waals surface area contributed by atoms with Crippen molar-refractivity contribution in [3.8, 4) is 0 Å². The van der Waals surface area contributed by atoms with E-state index in [4.69, 9.17) is 0 Å². The fourth-order valence-electron chi connectivity index (χ4n) is 3.69. The molecule has 6 heteroatoms. The van der Waals surface area contributed by atoms with Gasteiger partial charge in [-0.15, -0.1) is 0 Å². The van der Waals surface area contributed by atoms with E-state index >= 15 is 0 Å². The molecule has 2 heterocycles. The fraction of sp³-hybridized carbons (Fsp3) is 0.526. The Morgan fingerprint density at radius 3 is 2.32 bits per heavy atom. The Balaban J connectivity index is 1.83. The zero-order valence-electron chi connectivity index (χ0n) is 14.9. The Kier molecular flexibility index (Phi) is 4.90.